The molecule has 1 aliphatic carbocycles. The lowest BCUT2D eigenvalue weighted by Gasteiger charge is -2.38. The van der Waals surface area contributed by atoms with Crippen LogP contribution >= 0.6 is 12.4 Å². The zero-order valence-corrected chi connectivity index (χ0v) is 13.4. The Morgan fingerprint density at radius 2 is 1.89 bits per heavy atom. The second-order valence-corrected chi connectivity index (χ2v) is 6.96. The highest BCUT2D eigenvalue weighted by atomic mass is 35.5. The highest BCUT2D eigenvalue weighted by Gasteiger charge is 2.31. The molecular weight excluding hydrogens is 260 g/mol. The van der Waals surface area contributed by atoms with E-state index in [1.807, 2.05) is 11.9 Å². The Bertz CT molecular complexity index is 291. The van der Waals surface area contributed by atoms with Gasteiger partial charge in [-0.05, 0) is 56.5 Å². The average molecular weight is 289 g/mol. The van der Waals surface area contributed by atoms with E-state index in [1.54, 1.807) is 0 Å². The third-order valence-electron chi connectivity index (χ3n) is 4.88. The number of nitrogens with one attached hydrogen (secondary N) is 1. The van der Waals surface area contributed by atoms with Crippen molar-refractivity contribution in [3.63, 3.8) is 0 Å². The maximum absolute atomic E-state index is 12.3. The number of carbonyl (C=O) groups is 1. The molecular formula is C15H29ClN2O. The van der Waals surface area contributed by atoms with Crippen molar-refractivity contribution in [1.29, 1.82) is 0 Å². The molecule has 1 atom stereocenters. The fourth-order valence-corrected chi connectivity index (χ4v) is 3.25. The number of rotatable bonds is 3. The Morgan fingerprint density at radius 3 is 2.42 bits per heavy atom. The van der Waals surface area contributed by atoms with Gasteiger partial charge in [-0.25, -0.2) is 0 Å². The van der Waals surface area contributed by atoms with Crippen molar-refractivity contribution in [3.8, 4) is 0 Å². The molecule has 1 saturated heterocycles. The van der Waals surface area contributed by atoms with Crippen LogP contribution in [0, 0.1) is 11.3 Å². The van der Waals surface area contributed by atoms with E-state index in [9.17, 15) is 4.79 Å². The monoisotopic (exact) mass is 288 g/mol. The van der Waals surface area contributed by atoms with E-state index in [0.717, 1.165) is 25.9 Å². The van der Waals surface area contributed by atoms with Crippen molar-refractivity contribution >= 4 is 18.3 Å². The van der Waals surface area contributed by atoms with Gasteiger partial charge in [0.1, 0.15) is 0 Å². The molecule has 4 heteroatoms. The Balaban J connectivity index is 0.00000180. The first-order valence-electron chi connectivity index (χ1n) is 7.44. The lowest BCUT2D eigenvalue weighted by atomic mass is 9.75. The van der Waals surface area contributed by atoms with Crippen LogP contribution in [0.15, 0.2) is 0 Å². The summed E-state index contributed by atoms with van der Waals surface area (Å²) in [7, 11) is 2.01. The molecule has 1 saturated carbocycles. The maximum Gasteiger partial charge on any atom is 0.222 e. The Morgan fingerprint density at radius 1 is 1.26 bits per heavy atom. The molecule has 112 valence electrons. The first kappa shape index (κ1) is 16.8. The number of amides is 1. The molecule has 1 aliphatic heterocycles. The molecule has 0 bridgehead atoms. The average Bonchev–Trinajstić information content (AvgIpc) is 2.81. The van der Waals surface area contributed by atoms with E-state index in [4.69, 9.17) is 0 Å². The van der Waals surface area contributed by atoms with Gasteiger partial charge in [0.05, 0.1) is 0 Å². The summed E-state index contributed by atoms with van der Waals surface area (Å²) in [5.41, 5.74) is 0.482. The molecule has 0 spiro atoms. The first-order chi connectivity index (χ1) is 8.48. The van der Waals surface area contributed by atoms with Crippen LogP contribution in [0.1, 0.15) is 52.4 Å². The zero-order valence-electron chi connectivity index (χ0n) is 12.6. The van der Waals surface area contributed by atoms with Crippen molar-refractivity contribution in [2.24, 2.45) is 11.3 Å². The second-order valence-electron chi connectivity index (χ2n) is 6.96. The van der Waals surface area contributed by atoms with Crippen molar-refractivity contribution in [2.75, 3.05) is 20.1 Å². The number of carbonyl (C=O) groups excluding carboxylic acids is 1. The molecule has 19 heavy (non-hydrogen) atoms. The predicted molar refractivity (Wildman–Crippen MR) is 81.6 cm³/mol. The van der Waals surface area contributed by atoms with Crippen molar-refractivity contribution < 1.29 is 4.79 Å². The molecule has 1 N–H and O–H groups in total. The summed E-state index contributed by atoms with van der Waals surface area (Å²) in [4.78, 5) is 14.3. The molecule has 0 aromatic heterocycles. The third-order valence-corrected chi connectivity index (χ3v) is 4.88. The van der Waals surface area contributed by atoms with Gasteiger partial charge >= 0.3 is 0 Å². The summed E-state index contributed by atoms with van der Waals surface area (Å²) in [6.45, 7) is 6.79. The highest BCUT2D eigenvalue weighted by Crippen LogP contribution is 2.36. The minimum atomic E-state index is 0. The van der Waals surface area contributed by atoms with Crippen LogP contribution < -0.4 is 5.32 Å². The van der Waals surface area contributed by atoms with Crippen LogP contribution in [-0.2, 0) is 4.79 Å². The van der Waals surface area contributed by atoms with Crippen LogP contribution in [0.5, 0.6) is 0 Å². The van der Waals surface area contributed by atoms with Crippen molar-refractivity contribution in [1.82, 2.24) is 10.2 Å². The molecule has 1 unspecified atom stereocenters. The number of halogens is 1. The van der Waals surface area contributed by atoms with Gasteiger partial charge in [0.2, 0.25) is 5.91 Å². The van der Waals surface area contributed by atoms with Gasteiger partial charge in [0.25, 0.3) is 0 Å². The molecule has 3 nitrogen and oxygen atoms in total. The van der Waals surface area contributed by atoms with Crippen LogP contribution in [0.4, 0.5) is 0 Å². The smallest absolute Gasteiger partial charge is 0.222 e. The van der Waals surface area contributed by atoms with E-state index < -0.39 is 0 Å². The summed E-state index contributed by atoms with van der Waals surface area (Å²) in [6, 6.07) is 0.486. The van der Waals surface area contributed by atoms with Gasteiger partial charge < -0.3 is 10.2 Å². The highest BCUT2D eigenvalue weighted by molar-refractivity contribution is 5.85. The molecule has 0 aromatic carbocycles. The Labute approximate surface area is 123 Å². The SMILES string of the molecule is CN(C(=O)CC1CCNC1)C1CCC(C)(C)CC1.Cl. The fourth-order valence-electron chi connectivity index (χ4n) is 3.25. The van der Waals surface area contributed by atoms with Gasteiger partial charge in [0, 0.05) is 19.5 Å². The summed E-state index contributed by atoms with van der Waals surface area (Å²) >= 11 is 0. The Hall–Kier alpha value is -0.280. The van der Waals surface area contributed by atoms with Crippen molar-refractivity contribution in [3.05, 3.63) is 0 Å². The van der Waals surface area contributed by atoms with Gasteiger partial charge in [-0.3, -0.25) is 4.79 Å². The summed E-state index contributed by atoms with van der Waals surface area (Å²) in [6.07, 6.45) is 6.76. The second kappa shape index (κ2) is 6.94. The summed E-state index contributed by atoms with van der Waals surface area (Å²) < 4.78 is 0. The van der Waals surface area contributed by atoms with E-state index in [0.29, 0.717) is 23.3 Å². The topological polar surface area (TPSA) is 32.3 Å². The number of nitrogens with zero attached hydrogens (tertiary/aromatic N) is 1. The fraction of sp³-hybridized carbons (Fsp3) is 0.933. The van der Waals surface area contributed by atoms with E-state index in [-0.39, 0.29) is 12.4 Å². The number of hydrogen-bond donors (Lipinski definition) is 1. The van der Waals surface area contributed by atoms with Gasteiger partial charge in [0.15, 0.2) is 0 Å². The zero-order chi connectivity index (χ0) is 13.2. The molecule has 0 aromatic rings. The maximum atomic E-state index is 12.3. The predicted octanol–water partition coefficient (Wildman–Crippen LogP) is 2.84. The lowest BCUT2D eigenvalue weighted by molar-refractivity contribution is -0.133. The molecule has 0 radical (unpaired) electrons. The largest absolute Gasteiger partial charge is 0.343 e. The van der Waals surface area contributed by atoms with E-state index in [2.05, 4.69) is 19.2 Å². The molecule has 1 heterocycles. The van der Waals surface area contributed by atoms with Gasteiger partial charge in [-0.15, -0.1) is 12.4 Å². The minimum absolute atomic E-state index is 0. The molecule has 2 rings (SSSR count). The quantitative estimate of drug-likeness (QED) is 0.866. The van der Waals surface area contributed by atoms with Crippen molar-refractivity contribution in [2.45, 2.75) is 58.4 Å². The van der Waals surface area contributed by atoms with E-state index in [1.165, 1.54) is 25.7 Å². The summed E-state index contributed by atoms with van der Waals surface area (Å²) in [5.74, 6) is 0.924. The van der Waals surface area contributed by atoms with Crippen LogP contribution in [0.25, 0.3) is 0 Å². The summed E-state index contributed by atoms with van der Waals surface area (Å²) in [5, 5.41) is 3.34. The van der Waals surface area contributed by atoms with Gasteiger partial charge in [-0.2, -0.15) is 0 Å². The van der Waals surface area contributed by atoms with E-state index >= 15 is 0 Å². The van der Waals surface area contributed by atoms with Crippen LogP contribution in [-0.4, -0.2) is 37.0 Å². The molecule has 1 amide bonds. The standard InChI is InChI=1S/C15H28N2O.ClH/c1-15(2)7-4-13(5-8-15)17(3)14(18)10-12-6-9-16-11-12;/h12-13,16H,4-11H2,1-3H3;1H. The van der Waals surface area contributed by atoms with Crippen LogP contribution in [0.3, 0.4) is 0 Å². The minimum Gasteiger partial charge on any atom is -0.343 e. The normalized spacial score (nSPS) is 26.8. The molecule has 2 fully saturated rings. The number of hydrogen-bond acceptors (Lipinski definition) is 2. The van der Waals surface area contributed by atoms with Gasteiger partial charge in [-0.1, -0.05) is 13.8 Å². The Kier molecular flexibility index (Phi) is 6.13. The lowest BCUT2D eigenvalue weighted by Crippen LogP contribution is -2.41. The third kappa shape index (κ3) is 4.64. The first-order valence-corrected chi connectivity index (χ1v) is 7.44. The van der Waals surface area contributed by atoms with Crippen LogP contribution in [0.2, 0.25) is 0 Å². The molecule has 2 aliphatic rings.